The average molecular weight is 240 g/mol. The average Bonchev–Trinajstić information content (AvgIpc) is 2.26. The molecular formula is C13H24N2O2. The van der Waals surface area contributed by atoms with E-state index in [4.69, 9.17) is 0 Å². The summed E-state index contributed by atoms with van der Waals surface area (Å²) >= 11 is 0. The SMILES string of the molecule is CCCC1(O)CN(C(=O)C2(C)CCCNC2)C1. The lowest BCUT2D eigenvalue weighted by Crippen LogP contribution is -2.66. The van der Waals surface area contributed by atoms with Crippen LogP contribution in [0, 0.1) is 5.41 Å². The van der Waals surface area contributed by atoms with Gasteiger partial charge in [-0.15, -0.1) is 0 Å². The van der Waals surface area contributed by atoms with Crippen molar-refractivity contribution in [2.45, 2.75) is 45.1 Å². The van der Waals surface area contributed by atoms with Gasteiger partial charge in [-0.1, -0.05) is 13.3 Å². The van der Waals surface area contributed by atoms with Gasteiger partial charge in [-0.3, -0.25) is 4.79 Å². The lowest BCUT2D eigenvalue weighted by molar-refractivity contribution is -0.167. The molecule has 0 aromatic carbocycles. The van der Waals surface area contributed by atoms with E-state index < -0.39 is 5.60 Å². The van der Waals surface area contributed by atoms with Crippen molar-refractivity contribution in [3.05, 3.63) is 0 Å². The van der Waals surface area contributed by atoms with Crippen molar-refractivity contribution >= 4 is 5.91 Å². The van der Waals surface area contributed by atoms with E-state index in [0.29, 0.717) is 13.1 Å². The lowest BCUT2D eigenvalue weighted by Gasteiger charge is -2.50. The van der Waals surface area contributed by atoms with E-state index in [1.54, 1.807) is 0 Å². The monoisotopic (exact) mass is 240 g/mol. The second-order valence-corrected chi connectivity index (χ2v) is 5.98. The maximum Gasteiger partial charge on any atom is 0.229 e. The fourth-order valence-electron chi connectivity index (χ4n) is 3.05. The van der Waals surface area contributed by atoms with Crippen molar-refractivity contribution in [2.24, 2.45) is 5.41 Å². The highest BCUT2D eigenvalue weighted by Crippen LogP contribution is 2.33. The Hall–Kier alpha value is -0.610. The molecule has 0 bridgehead atoms. The summed E-state index contributed by atoms with van der Waals surface area (Å²) in [4.78, 5) is 14.2. The van der Waals surface area contributed by atoms with Crippen LogP contribution in [0.5, 0.6) is 0 Å². The molecule has 0 aromatic rings. The van der Waals surface area contributed by atoms with Crippen molar-refractivity contribution in [1.29, 1.82) is 0 Å². The molecule has 2 aliphatic heterocycles. The number of carbonyl (C=O) groups is 1. The van der Waals surface area contributed by atoms with E-state index in [0.717, 1.165) is 38.8 Å². The number of hydrogen-bond donors (Lipinski definition) is 2. The van der Waals surface area contributed by atoms with Gasteiger partial charge in [0.1, 0.15) is 0 Å². The smallest absolute Gasteiger partial charge is 0.229 e. The highest BCUT2D eigenvalue weighted by Gasteiger charge is 2.47. The molecule has 1 atom stereocenters. The highest BCUT2D eigenvalue weighted by molar-refractivity contribution is 5.83. The molecule has 98 valence electrons. The molecule has 0 spiro atoms. The van der Waals surface area contributed by atoms with Crippen LogP contribution in [0.4, 0.5) is 0 Å². The van der Waals surface area contributed by atoms with Gasteiger partial charge in [0.25, 0.3) is 0 Å². The molecular weight excluding hydrogens is 216 g/mol. The summed E-state index contributed by atoms with van der Waals surface area (Å²) in [5, 5.41) is 13.4. The molecule has 2 rings (SSSR count). The molecule has 0 saturated carbocycles. The first-order chi connectivity index (χ1) is 7.99. The fourth-order valence-corrected chi connectivity index (χ4v) is 3.05. The zero-order valence-electron chi connectivity index (χ0n) is 11.0. The highest BCUT2D eigenvalue weighted by atomic mass is 16.3. The standard InChI is InChI=1S/C13H24N2O2/c1-3-5-13(17)9-15(10-13)11(16)12(2)6-4-7-14-8-12/h14,17H,3-10H2,1-2H3. The van der Waals surface area contributed by atoms with E-state index in [1.807, 2.05) is 11.8 Å². The van der Waals surface area contributed by atoms with Crippen molar-refractivity contribution < 1.29 is 9.90 Å². The first-order valence-corrected chi connectivity index (χ1v) is 6.72. The van der Waals surface area contributed by atoms with Crippen LogP contribution in [0.15, 0.2) is 0 Å². The molecule has 1 amide bonds. The predicted octanol–water partition coefficient (Wildman–Crippen LogP) is 0.749. The largest absolute Gasteiger partial charge is 0.386 e. The molecule has 2 saturated heterocycles. The molecule has 2 aliphatic rings. The number of β-amino-alcohol motifs (C(OH)–C–C–N with tert-alkyl or cyclic N) is 1. The van der Waals surface area contributed by atoms with Gasteiger partial charge in [0.15, 0.2) is 0 Å². The summed E-state index contributed by atoms with van der Waals surface area (Å²) < 4.78 is 0. The van der Waals surface area contributed by atoms with Gasteiger partial charge in [-0.05, 0) is 32.7 Å². The summed E-state index contributed by atoms with van der Waals surface area (Å²) in [7, 11) is 0. The number of nitrogens with one attached hydrogen (secondary N) is 1. The van der Waals surface area contributed by atoms with Crippen molar-refractivity contribution in [3.8, 4) is 0 Å². The first-order valence-electron chi connectivity index (χ1n) is 6.72. The minimum atomic E-state index is -0.608. The normalized spacial score (nSPS) is 32.1. The summed E-state index contributed by atoms with van der Waals surface area (Å²) in [5.74, 6) is 0.213. The zero-order valence-corrected chi connectivity index (χ0v) is 11.0. The topological polar surface area (TPSA) is 52.6 Å². The zero-order chi connectivity index (χ0) is 12.5. The minimum Gasteiger partial charge on any atom is -0.386 e. The maximum atomic E-state index is 12.4. The van der Waals surface area contributed by atoms with Crippen LogP contribution < -0.4 is 5.32 Å². The van der Waals surface area contributed by atoms with Gasteiger partial charge in [-0.25, -0.2) is 0 Å². The van der Waals surface area contributed by atoms with E-state index >= 15 is 0 Å². The Kier molecular flexibility index (Phi) is 3.46. The van der Waals surface area contributed by atoms with Crippen LogP contribution in [0.25, 0.3) is 0 Å². The van der Waals surface area contributed by atoms with E-state index in [-0.39, 0.29) is 11.3 Å². The number of likely N-dealkylation sites (tertiary alicyclic amines) is 1. The van der Waals surface area contributed by atoms with Crippen LogP contribution in [0.3, 0.4) is 0 Å². The van der Waals surface area contributed by atoms with Crippen LogP contribution in [-0.4, -0.2) is 47.7 Å². The van der Waals surface area contributed by atoms with Crippen molar-refractivity contribution in [2.75, 3.05) is 26.2 Å². The Balaban J connectivity index is 1.90. The maximum absolute atomic E-state index is 12.4. The molecule has 0 radical (unpaired) electrons. The lowest BCUT2D eigenvalue weighted by atomic mass is 9.78. The van der Waals surface area contributed by atoms with Crippen LogP contribution in [-0.2, 0) is 4.79 Å². The Morgan fingerprint density at radius 3 is 2.71 bits per heavy atom. The molecule has 0 aromatic heterocycles. The Labute approximate surface area is 103 Å². The molecule has 4 heteroatoms. The van der Waals surface area contributed by atoms with E-state index in [1.165, 1.54) is 0 Å². The third kappa shape index (κ3) is 2.47. The summed E-state index contributed by atoms with van der Waals surface area (Å²) in [6, 6.07) is 0. The van der Waals surface area contributed by atoms with Crippen LogP contribution in [0.1, 0.15) is 39.5 Å². The van der Waals surface area contributed by atoms with Gasteiger partial charge < -0.3 is 15.3 Å². The minimum absolute atomic E-state index is 0.213. The van der Waals surface area contributed by atoms with E-state index in [2.05, 4.69) is 12.2 Å². The second kappa shape index (κ2) is 4.58. The third-order valence-electron chi connectivity index (χ3n) is 4.09. The second-order valence-electron chi connectivity index (χ2n) is 5.98. The van der Waals surface area contributed by atoms with Gasteiger partial charge in [0.05, 0.1) is 24.1 Å². The summed E-state index contributed by atoms with van der Waals surface area (Å²) in [5.41, 5.74) is -0.866. The number of amides is 1. The van der Waals surface area contributed by atoms with Crippen molar-refractivity contribution in [3.63, 3.8) is 0 Å². The molecule has 1 unspecified atom stereocenters. The summed E-state index contributed by atoms with van der Waals surface area (Å²) in [6.45, 7) is 6.94. The van der Waals surface area contributed by atoms with Crippen molar-refractivity contribution in [1.82, 2.24) is 10.2 Å². The molecule has 0 aliphatic carbocycles. The Morgan fingerprint density at radius 1 is 1.47 bits per heavy atom. The number of piperidine rings is 1. The van der Waals surface area contributed by atoms with Gasteiger partial charge in [0.2, 0.25) is 5.91 Å². The van der Waals surface area contributed by atoms with Crippen LogP contribution in [0.2, 0.25) is 0 Å². The number of nitrogens with zero attached hydrogens (tertiary/aromatic N) is 1. The molecule has 2 N–H and O–H groups in total. The molecule has 2 fully saturated rings. The Morgan fingerprint density at radius 2 is 2.18 bits per heavy atom. The number of hydrogen-bond acceptors (Lipinski definition) is 3. The third-order valence-corrected chi connectivity index (χ3v) is 4.09. The number of rotatable bonds is 3. The van der Waals surface area contributed by atoms with Crippen LogP contribution >= 0.6 is 0 Å². The molecule has 4 nitrogen and oxygen atoms in total. The predicted molar refractivity (Wildman–Crippen MR) is 66.6 cm³/mol. The first kappa shape index (κ1) is 12.8. The quantitative estimate of drug-likeness (QED) is 0.765. The Bertz CT molecular complexity index is 292. The summed E-state index contributed by atoms with van der Waals surface area (Å²) in [6.07, 6.45) is 3.79. The van der Waals surface area contributed by atoms with Gasteiger partial charge >= 0.3 is 0 Å². The number of carbonyl (C=O) groups excluding carboxylic acids is 1. The van der Waals surface area contributed by atoms with Gasteiger partial charge in [0, 0.05) is 6.54 Å². The fraction of sp³-hybridized carbons (Fsp3) is 0.923. The molecule has 17 heavy (non-hydrogen) atoms. The molecule has 2 heterocycles. The number of aliphatic hydroxyl groups is 1. The van der Waals surface area contributed by atoms with E-state index in [9.17, 15) is 9.90 Å². The van der Waals surface area contributed by atoms with Gasteiger partial charge in [-0.2, -0.15) is 0 Å².